The van der Waals surface area contributed by atoms with Gasteiger partial charge < -0.3 is 10.1 Å². The van der Waals surface area contributed by atoms with Crippen LogP contribution < -0.4 is 5.32 Å². The van der Waals surface area contributed by atoms with E-state index in [4.69, 9.17) is 4.74 Å². The lowest BCUT2D eigenvalue weighted by molar-refractivity contribution is -0.178. The van der Waals surface area contributed by atoms with Gasteiger partial charge in [-0.05, 0) is 57.4 Å². The molecule has 2 aliphatic rings. The Balaban J connectivity index is 1.40. The van der Waals surface area contributed by atoms with Crippen molar-refractivity contribution in [1.29, 1.82) is 0 Å². The highest BCUT2D eigenvalue weighted by Gasteiger charge is 2.51. The van der Waals surface area contributed by atoms with Gasteiger partial charge in [0, 0.05) is 17.5 Å². The number of hydrogen-bond donors (Lipinski definition) is 1. The number of carbonyl (C=O) groups excluding carboxylic acids is 2. The second kappa shape index (κ2) is 7.55. The van der Waals surface area contributed by atoms with Gasteiger partial charge in [0.05, 0.1) is 28.7 Å². The summed E-state index contributed by atoms with van der Waals surface area (Å²) >= 11 is 0. The lowest BCUT2D eigenvalue weighted by Gasteiger charge is -2.49. The minimum Gasteiger partial charge on any atom is -0.423 e. The number of nitrogens with zero attached hydrogens (tertiary/aromatic N) is 3. The Kier molecular flexibility index (Phi) is 4.80. The summed E-state index contributed by atoms with van der Waals surface area (Å²) in [4.78, 5) is 35.7. The minimum absolute atomic E-state index is 0.0453. The lowest BCUT2D eigenvalue weighted by atomic mass is 10.0. The van der Waals surface area contributed by atoms with E-state index in [0.717, 1.165) is 24.4 Å². The van der Waals surface area contributed by atoms with E-state index >= 15 is 0 Å². The maximum atomic E-state index is 13.3. The summed E-state index contributed by atoms with van der Waals surface area (Å²) in [6.45, 7) is 3.74. The molecule has 0 unspecified atom stereocenters. The standard InChI is InChI=1S/C24H23FN4O3/c1-24(2)29(23(31)32-24)16-9-8-15(11-16)27-22(30)18-12-21(20-10-7-14(25)13-26-20)28-19-6-4-3-5-17(18)19/h3-7,10,12-13,15-16H,8-9,11H2,1-2H3,(H,27,30)/t15-,16+/m1/s1. The number of para-hydroxylation sites is 1. The number of halogens is 1. The summed E-state index contributed by atoms with van der Waals surface area (Å²) in [6, 6.07) is 12.0. The highest BCUT2D eigenvalue weighted by atomic mass is 19.1. The Bertz CT molecular complexity index is 1210. The van der Waals surface area contributed by atoms with E-state index in [1.54, 1.807) is 17.0 Å². The zero-order valence-electron chi connectivity index (χ0n) is 17.8. The van der Waals surface area contributed by atoms with Crippen molar-refractivity contribution in [1.82, 2.24) is 20.2 Å². The van der Waals surface area contributed by atoms with Crippen LogP contribution in [-0.2, 0) is 4.74 Å². The molecule has 1 aliphatic carbocycles. The van der Waals surface area contributed by atoms with E-state index in [-0.39, 0.29) is 24.1 Å². The monoisotopic (exact) mass is 434 g/mol. The molecular formula is C24H23FN4O3. The Morgan fingerprint density at radius 1 is 1.19 bits per heavy atom. The Morgan fingerprint density at radius 2 is 2.00 bits per heavy atom. The fraction of sp³-hybridized carbons (Fsp3) is 0.333. The number of nitrogens with one attached hydrogen (secondary N) is 1. The van der Waals surface area contributed by atoms with Crippen molar-refractivity contribution in [2.75, 3.05) is 0 Å². The summed E-state index contributed by atoms with van der Waals surface area (Å²) in [5.41, 5.74) is 1.55. The van der Waals surface area contributed by atoms with Crippen molar-refractivity contribution >= 4 is 22.9 Å². The first-order valence-corrected chi connectivity index (χ1v) is 10.7. The summed E-state index contributed by atoms with van der Waals surface area (Å²) in [5.74, 6) is -0.638. The van der Waals surface area contributed by atoms with Crippen LogP contribution in [0.3, 0.4) is 0 Å². The molecule has 1 aromatic carbocycles. The number of fused-ring (bicyclic) bond motifs is 1. The summed E-state index contributed by atoms with van der Waals surface area (Å²) in [6.07, 6.45) is 3.10. The van der Waals surface area contributed by atoms with Crippen molar-refractivity contribution in [3.8, 4) is 11.4 Å². The molecule has 0 spiro atoms. The Morgan fingerprint density at radius 3 is 2.72 bits per heavy atom. The first-order chi connectivity index (χ1) is 15.3. The third kappa shape index (κ3) is 3.55. The van der Waals surface area contributed by atoms with Gasteiger partial charge >= 0.3 is 6.09 Å². The molecule has 7 nitrogen and oxygen atoms in total. The van der Waals surface area contributed by atoms with E-state index in [9.17, 15) is 14.0 Å². The molecule has 1 saturated heterocycles. The molecule has 8 heteroatoms. The summed E-state index contributed by atoms with van der Waals surface area (Å²) < 4.78 is 18.5. The molecule has 1 saturated carbocycles. The molecule has 3 aromatic rings. The smallest absolute Gasteiger partial charge is 0.415 e. The topological polar surface area (TPSA) is 84.4 Å². The van der Waals surface area contributed by atoms with Crippen LogP contribution >= 0.6 is 0 Å². The maximum Gasteiger partial charge on any atom is 0.415 e. The number of benzene rings is 1. The van der Waals surface area contributed by atoms with Crippen molar-refractivity contribution in [3.63, 3.8) is 0 Å². The van der Waals surface area contributed by atoms with Crippen molar-refractivity contribution < 1.29 is 18.7 Å². The highest BCUT2D eigenvalue weighted by Crippen LogP contribution is 2.37. The molecular weight excluding hydrogens is 411 g/mol. The van der Waals surface area contributed by atoms with Crippen LogP contribution in [0.25, 0.3) is 22.3 Å². The van der Waals surface area contributed by atoms with E-state index in [0.29, 0.717) is 28.9 Å². The number of hydrogen-bond acceptors (Lipinski definition) is 5. The third-order valence-electron chi connectivity index (χ3n) is 6.17. The molecule has 3 heterocycles. The second-order valence-corrected chi connectivity index (χ2v) is 8.76. The van der Waals surface area contributed by atoms with Crippen molar-refractivity contribution in [3.05, 3.63) is 60.0 Å². The van der Waals surface area contributed by atoms with E-state index in [1.165, 1.54) is 6.07 Å². The van der Waals surface area contributed by atoms with Gasteiger partial charge in [0.15, 0.2) is 5.72 Å². The van der Waals surface area contributed by atoms with Crippen LogP contribution in [0.1, 0.15) is 43.5 Å². The zero-order chi connectivity index (χ0) is 22.5. The molecule has 2 atom stereocenters. The van der Waals surface area contributed by atoms with Gasteiger partial charge in [-0.2, -0.15) is 0 Å². The fourth-order valence-corrected chi connectivity index (χ4v) is 4.69. The number of carbonyl (C=O) groups is 2. The first kappa shape index (κ1) is 20.4. The van der Waals surface area contributed by atoms with Gasteiger partial charge in [0.2, 0.25) is 0 Å². The summed E-state index contributed by atoms with van der Waals surface area (Å²) in [5, 5.41) is 3.86. The molecule has 5 rings (SSSR count). The molecule has 32 heavy (non-hydrogen) atoms. The number of amides is 2. The SMILES string of the molecule is CC1(C)OC(=O)N1[C@H]1CC[C@@H](NC(=O)c2cc(-c3ccc(F)cn3)nc3ccccc23)C1. The van der Waals surface area contributed by atoms with Crippen LogP contribution in [0, 0.1) is 5.82 Å². The van der Waals surface area contributed by atoms with Gasteiger partial charge in [-0.1, -0.05) is 18.2 Å². The van der Waals surface area contributed by atoms with Crippen LogP contribution in [0.15, 0.2) is 48.7 Å². The zero-order valence-corrected chi connectivity index (χ0v) is 17.8. The average Bonchev–Trinajstić information content (AvgIpc) is 3.19. The normalized spacial score (nSPS) is 21.8. The molecule has 2 aromatic heterocycles. The first-order valence-electron chi connectivity index (χ1n) is 10.7. The van der Waals surface area contributed by atoms with Gasteiger partial charge in [-0.3, -0.25) is 14.7 Å². The Hall–Kier alpha value is -3.55. The molecule has 0 bridgehead atoms. The molecule has 164 valence electrons. The number of aromatic nitrogens is 2. The predicted octanol–water partition coefficient (Wildman–Crippen LogP) is 4.28. The quantitative estimate of drug-likeness (QED) is 0.663. The lowest BCUT2D eigenvalue weighted by Crippen LogP contribution is -2.65. The Labute approximate surface area is 184 Å². The molecule has 2 fully saturated rings. The van der Waals surface area contributed by atoms with Gasteiger partial charge in [-0.25, -0.2) is 14.2 Å². The second-order valence-electron chi connectivity index (χ2n) is 8.76. The number of ether oxygens (including phenoxy) is 1. The fourth-order valence-electron chi connectivity index (χ4n) is 4.69. The van der Waals surface area contributed by atoms with Crippen molar-refractivity contribution in [2.24, 2.45) is 0 Å². The van der Waals surface area contributed by atoms with E-state index in [2.05, 4.69) is 15.3 Å². The molecule has 0 radical (unpaired) electrons. The van der Waals surface area contributed by atoms with E-state index < -0.39 is 11.5 Å². The van der Waals surface area contributed by atoms with Crippen LogP contribution in [0.2, 0.25) is 0 Å². The van der Waals surface area contributed by atoms with Crippen LogP contribution in [-0.4, -0.2) is 44.7 Å². The van der Waals surface area contributed by atoms with Gasteiger partial charge in [0.25, 0.3) is 5.91 Å². The predicted molar refractivity (Wildman–Crippen MR) is 116 cm³/mol. The van der Waals surface area contributed by atoms with Crippen LogP contribution in [0.5, 0.6) is 0 Å². The van der Waals surface area contributed by atoms with E-state index in [1.807, 2.05) is 38.1 Å². The minimum atomic E-state index is -0.598. The largest absolute Gasteiger partial charge is 0.423 e. The molecule has 1 N–H and O–H groups in total. The van der Waals surface area contributed by atoms with Crippen molar-refractivity contribution in [2.45, 2.75) is 50.9 Å². The highest BCUT2D eigenvalue weighted by molar-refractivity contribution is 6.07. The average molecular weight is 434 g/mol. The van der Waals surface area contributed by atoms with Gasteiger partial charge in [-0.15, -0.1) is 0 Å². The summed E-state index contributed by atoms with van der Waals surface area (Å²) in [7, 11) is 0. The number of rotatable bonds is 4. The molecule has 2 amide bonds. The third-order valence-corrected chi connectivity index (χ3v) is 6.17. The maximum absolute atomic E-state index is 13.3. The molecule has 1 aliphatic heterocycles. The number of pyridine rings is 2. The number of cyclic esters (lactones) is 1. The van der Waals surface area contributed by atoms with Gasteiger partial charge in [0.1, 0.15) is 5.82 Å². The van der Waals surface area contributed by atoms with Crippen LogP contribution in [0.4, 0.5) is 9.18 Å².